The molecule has 0 radical (unpaired) electrons. The molecule has 0 spiro atoms. The number of esters is 1. The highest BCUT2D eigenvalue weighted by Crippen LogP contribution is 1.97. The third-order valence-electron chi connectivity index (χ3n) is 2.02. The number of carbonyl (C=O) groups excluding carboxylic acids is 1. The fourth-order valence-electron chi connectivity index (χ4n) is 1.15. The topological polar surface area (TPSA) is 48.0 Å². The third kappa shape index (κ3) is 4.55. The van der Waals surface area contributed by atoms with Crippen LogP contribution in [0.25, 0.3) is 0 Å². The van der Waals surface area contributed by atoms with Crippen molar-refractivity contribution < 1.29 is 19.0 Å². The second-order valence-electron chi connectivity index (χ2n) is 3.12. The summed E-state index contributed by atoms with van der Waals surface area (Å²) in [5.41, 5.74) is 0. The Hall–Kier alpha value is -0.650. The van der Waals surface area contributed by atoms with Gasteiger partial charge in [0.1, 0.15) is 6.73 Å². The number of rotatable bonds is 5. The molecular formula is C9H17NO4. The molecule has 0 aromatic heterocycles. The van der Waals surface area contributed by atoms with E-state index in [0.29, 0.717) is 19.8 Å². The maximum Gasteiger partial charge on any atom is 0.309 e. The van der Waals surface area contributed by atoms with E-state index < -0.39 is 0 Å². The van der Waals surface area contributed by atoms with Crippen LogP contribution in [0.15, 0.2) is 0 Å². The van der Waals surface area contributed by atoms with E-state index in [9.17, 15) is 4.79 Å². The molecule has 82 valence electrons. The van der Waals surface area contributed by atoms with Crippen LogP contribution in [0.4, 0.5) is 0 Å². The first kappa shape index (κ1) is 11.4. The normalized spacial score (nSPS) is 18.1. The molecule has 1 aliphatic heterocycles. The Morgan fingerprint density at radius 2 is 2.14 bits per heavy atom. The lowest BCUT2D eigenvalue weighted by molar-refractivity contribution is -0.151. The maximum absolute atomic E-state index is 11.1. The maximum atomic E-state index is 11.1. The van der Waals surface area contributed by atoms with Gasteiger partial charge in [0.05, 0.1) is 26.2 Å². The van der Waals surface area contributed by atoms with Crippen LogP contribution < -0.4 is 0 Å². The van der Waals surface area contributed by atoms with Crippen LogP contribution in [-0.4, -0.2) is 57.6 Å². The Morgan fingerprint density at radius 3 is 2.79 bits per heavy atom. The molecule has 0 aromatic carbocycles. The molecule has 0 N–H and O–H groups in total. The minimum absolute atomic E-state index is 0.210. The SMILES string of the molecule is COCCC(=O)OCN1CCOCC1. The van der Waals surface area contributed by atoms with Crippen molar-refractivity contribution in [2.45, 2.75) is 6.42 Å². The van der Waals surface area contributed by atoms with Crippen molar-refractivity contribution in [3.63, 3.8) is 0 Å². The minimum atomic E-state index is -0.210. The lowest BCUT2D eigenvalue weighted by Crippen LogP contribution is -2.38. The largest absolute Gasteiger partial charge is 0.449 e. The Kier molecular flexibility index (Phi) is 5.51. The average molecular weight is 203 g/mol. The zero-order valence-corrected chi connectivity index (χ0v) is 8.53. The average Bonchev–Trinajstić information content (AvgIpc) is 2.25. The number of ether oxygens (including phenoxy) is 3. The van der Waals surface area contributed by atoms with Crippen molar-refractivity contribution in [2.24, 2.45) is 0 Å². The van der Waals surface area contributed by atoms with Gasteiger partial charge in [-0.25, -0.2) is 0 Å². The lowest BCUT2D eigenvalue weighted by Gasteiger charge is -2.25. The predicted molar refractivity (Wildman–Crippen MR) is 49.8 cm³/mol. The molecule has 1 fully saturated rings. The van der Waals surface area contributed by atoms with Gasteiger partial charge in [-0.2, -0.15) is 0 Å². The van der Waals surface area contributed by atoms with Gasteiger partial charge in [-0.15, -0.1) is 0 Å². The number of hydrogen-bond donors (Lipinski definition) is 0. The summed E-state index contributed by atoms with van der Waals surface area (Å²) in [6.07, 6.45) is 0.320. The molecule has 0 unspecified atom stereocenters. The Balaban J connectivity index is 2.03. The Labute approximate surface area is 83.9 Å². The summed E-state index contributed by atoms with van der Waals surface area (Å²) in [4.78, 5) is 13.1. The van der Waals surface area contributed by atoms with Gasteiger partial charge in [0.2, 0.25) is 0 Å². The van der Waals surface area contributed by atoms with E-state index in [2.05, 4.69) is 0 Å². The van der Waals surface area contributed by atoms with Gasteiger partial charge in [0.25, 0.3) is 0 Å². The second-order valence-corrected chi connectivity index (χ2v) is 3.12. The van der Waals surface area contributed by atoms with Crippen molar-refractivity contribution in [3.8, 4) is 0 Å². The van der Waals surface area contributed by atoms with E-state index in [4.69, 9.17) is 14.2 Å². The minimum Gasteiger partial charge on any atom is -0.449 e. The molecule has 0 saturated carbocycles. The van der Waals surface area contributed by atoms with Crippen molar-refractivity contribution in [2.75, 3.05) is 46.8 Å². The van der Waals surface area contributed by atoms with E-state index in [1.165, 1.54) is 0 Å². The predicted octanol–water partition coefficient (Wildman–Crippen LogP) is -0.144. The van der Waals surface area contributed by atoms with Crippen LogP contribution >= 0.6 is 0 Å². The first-order valence-corrected chi connectivity index (χ1v) is 4.77. The molecule has 1 rings (SSSR count). The molecule has 0 bridgehead atoms. The molecule has 0 aliphatic carbocycles. The van der Waals surface area contributed by atoms with Crippen LogP contribution in [0.3, 0.4) is 0 Å². The van der Waals surface area contributed by atoms with Gasteiger partial charge in [0.15, 0.2) is 0 Å². The number of hydrogen-bond acceptors (Lipinski definition) is 5. The number of morpholine rings is 1. The highest BCUT2D eigenvalue weighted by Gasteiger charge is 2.11. The molecular weight excluding hydrogens is 186 g/mol. The Morgan fingerprint density at radius 1 is 1.43 bits per heavy atom. The number of carbonyl (C=O) groups is 1. The highest BCUT2D eigenvalue weighted by atomic mass is 16.5. The molecule has 5 heteroatoms. The van der Waals surface area contributed by atoms with Crippen molar-refractivity contribution in [1.82, 2.24) is 4.90 Å². The first-order valence-electron chi connectivity index (χ1n) is 4.77. The zero-order valence-electron chi connectivity index (χ0n) is 8.53. The van der Waals surface area contributed by atoms with Crippen LogP contribution in [0, 0.1) is 0 Å². The molecule has 14 heavy (non-hydrogen) atoms. The van der Waals surface area contributed by atoms with E-state index in [1.54, 1.807) is 7.11 Å². The standard InChI is InChI=1S/C9H17NO4/c1-12-5-2-9(11)14-8-10-3-6-13-7-4-10/h2-8H2,1H3. The number of nitrogens with zero attached hydrogens (tertiary/aromatic N) is 1. The van der Waals surface area contributed by atoms with Gasteiger partial charge in [0, 0.05) is 20.2 Å². The molecule has 1 heterocycles. The smallest absolute Gasteiger partial charge is 0.309 e. The van der Waals surface area contributed by atoms with Crippen LogP contribution in [0.1, 0.15) is 6.42 Å². The lowest BCUT2D eigenvalue weighted by atomic mass is 10.4. The molecule has 0 atom stereocenters. The fraction of sp³-hybridized carbons (Fsp3) is 0.889. The van der Waals surface area contributed by atoms with E-state index >= 15 is 0 Å². The first-order chi connectivity index (χ1) is 6.83. The summed E-state index contributed by atoms with van der Waals surface area (Å²) in [7, 11) is 1.56. The summed E-state index contributed by atoms with van der Waals surface area (Å²) in [5.74, 6) is -0.210. The fourth-order valence-corrected chi connectivity index (χ4v) is 1.15. The summed E-state index contributed by atoms with van der Waals surface area (Å²) >= 11 is 0. The molecule has 0 amide bonds. The van der Waals surface area contributed by atoms with Crippen molar-refractivity contribution in [3.05, 3.63) is 0 Å². The number of methoxy groups -OCH3 is 1. The molecule has 5 nitrogen and oxygen atoms in total. The summed E-state index contributed by atoms with van der Waals surface area (Å²) in [5, 5.41) is 0. The zero-order chi connectivity index (χ0) is 10.2. The molecule has 1 aliphatic rings. The van der Waals surface area contributed by atoms with Crippen molar-refractivity contribution in [1.29, 1.82) is 0 Å². The summed E-state index contributed by atoms with van der Waals surface area (Å²) in [6.45, 7) is 3.88. The Bertz CT molecular complexity index is 168. The quantitative estimate of drug-likeness (QED) is 0.582. The van der Waals surface area contributed by atoms with E-state index in [0.717, 1.165) is 26.3 Å². The van der Waals surface area contributed by atoms with Gasteiger partial charge in [-0.05, 0) is 0 Å². The summed E-state index contributed by atoms with van der Waals surface area (Å²) in [6, 6.07) is 0. The highest BCUT2D eigenvalue weighted by molar-refractivity contribution is 5.69. The van der Waals surface area contributed by atoms with E-state index in [-0.39, 0.29) is 5.97 Å². The van der Waals surface area contributed by atoms with Gasteiger partial charge in [-0.3, -0.25) is 9.69 Å². The molecule has 1 saturated heterocycles. The van der Waals surface area contributed by atoms with Crippen molar-refractivity contribution >= 4 is 5.97 Å². The van der Waals surface area contributed by atoms with E-state index in [1.807, 2.05) is 4.90 Å². The monoisotopic (exact) mass is 203 g/mol. The molecule has 0 aromatic rings. The van der Waals surface area contributed by atoms with Crippen LogP contribution in [0.2, 0.25) is 0 Å². The van der Waals surface area contributed by atoms with Gasteiger partial charge < -0.3 is 14.2 Å². The van der Waals surface area contributed by atoms with Gasteiger partial charge in [-0.1, -0.05) is 0 Å². The van der Waals surface area contributed by atoms with Crippen LogP contribution in [0.5, 0.6) is 0 Å². The second kappa shape index (κ2) is 6.75. The van der Waals surface area contributed by atoms with Gasteiger partial charge >= 0.3 is 5.97 Å². The van der Waals surface area contributed by atoms with Crippen LogP contribution in [-0.2, 0) is 19.0 Å². The summed E-state index contributed by atoms with van der Waals surface area (Å²) < 4.78 is 15.0. The third-order valence-corrected chi connectivity index (χ3v) is 2.02.